The predicted molar refractivity (Wildman–Crippen MR) is 75.1 cm³/mol. The van der Waals surface area contributed by atoms with Crippen molar-refractivity contribution in [3.8, 4) is 0 Å². The highest BCUT2D eigenvalue weighted by Gasteiger charge is 2.14. The normalized spacial score (nSPS) is 15.8. The van der Waals surface area contributed by atoms with Crippen LogP contribution in [-0.2, 0) is 14.3 Å². The number of rotatable bonds is 8. The van der Waals surface area contributed by atoms with Crippen LogP contribution >= 0.6 is 0 Å². The van der Waals surface area contributed by atoms with Gasteiger partial charge in [-0.3, -0.25) is 10.5 Å². The van der Waals surface area contributed by atoms with E-state index in [2.05, 4.69) is 12.2 Å². The van der Waals surface area contributed by atoms with E-state index < -0.39 is 12.2 Å². The number of hydrogen-bond donors (Lipinski definition) is 2. The summed E-state index contributed by atoms with van der Waals surface area (Å²) in [6.45, 7) is 8.57. The van der Waals surface area contributed by atoms with Crippen LogP contribution in [0.5, 0.6) is 0 Å². The fourth-order valence-electron chi connectivity index (χ4n) is 1.14. The molecule has 0 aliphatic carbocycles. The van der Waals surface area contributed by atoms with Gasteiger partial charge in [-0.15, -0.1) is 0 Å². The van der Waals surface area contributed by atoms with Gasteiger partial charge in [-0.25, -0.2) is 4.79 Å². The number of hydrogen-bond acceptors (Lipinski definition) is 4. The molecule has 0 aliphatic rings. The molecule has 0 radical (unpaired) electrons. The molecule has 0 saturated carbocycles. The number of carbonyl (C=O) groups is 2. The summed E-state index contributed by atoms with van der Waals surface area (Å²) in [6, 6.07) is 0. The van der Waals surface area contributed by atoms with Crippen molar-refractivity contribution >= 4 is 11.9 Å². The molecule has 3 atom stereocenters. The molecule has 3 N–H and O–H groups in total. The lowest BCUT2D eigenvalue weighted by atomic mass is 10.1. The van der Waals surface area contributed by atoms with Crippen LogP contribution < -0.4 is 11.1 Å². The first-order valence-corrected chi connectivity index (χ1v) is 6.82. The third-order valence-corrected chi connectivity index (χ3v) is 3.15. The van der Waals surface area contributed by atoms with E-state index in [9.17, 15) is 9.59 Å². The molecule has 0 heterocycles. The van der Waals surface area contributed by atoms with E-state index in [4.69, 9.17) is 10.5 Å². The van der Waals surface area contributed by atoms with Gasteiger partial charge in [-0.05, 0) is 12.3 Å². The summed E-state index contributed by atoms with van der Waals surface area (Å²) in [5.41, 5.74) is 5.67. The highest BCUT2D eigenvalue weighted by atomic mass is 16.6. The van der Waals surface area contributed by atoms with Crippen molar-refractivity contribution in [1.29, 1.82) is 0 Å². The molecule has 5 nitrogen and oxygen atoms in total. The lowest BCUT2D eigenvalue weighted by Crippen LogP contribution is -2.33. The number of nitrogens with two attached hydrogens (primary N) is 1. The van der Waals surface area contributed by atoms with Gasteiger partial charge in [-0.1, -0.05) is 34.1 Å². The number of nitrogens with one attached hydrogen (secondary N) is 1. The molecule has 0 aliphatic heterocycles. The van der Waals surface area contributed by atoms with Gasteiger partial charge in [0.25, 0.3) is 0 Å². The first-order valence-electron chi connectivity index (χ1n) is 6.82. The zero-order valence-electron chi connectivity index (χ0n) is 12.3. The fraction of sp³-hybridized carbons (Fsp3) is 0.714. The molecule has 5 heteroatoms. The number of esters is 1. The van der Waals surface area contributed by atoms with E-state index in [1.165, 1.54) is 6.08 Å². The van der Waals surface area contributed by atoms with Gasteiger partial charge in [0.2, 0.25) is 5.91 Å². The van der Waals surface area contributed by atoms with Crippen molar-refractivity contribution in [2.24, 2.45) is 17.6 Å². The van der Waals surface area contributed by atoms with E-state index in [1.807, 2.05) is 20.8 Å². The SMILES string of the molecule is CC[C@H](C)CNC(=O)/C=C/C(=O)OC(N)[C@@H](C)CC. The molecule has 19 heavy (non-hydrogen) atoms. The molecule has 0 rings (SSSR count). The summed E-state index contributed by atoms with van der Waals surface area (Å²) in [7, 11) is 0. The quantitative estimate of drug-likeness (QED) is 0.398. The average molecular weight is 270 g/mol. The van der Waals surface area contributed by atoms with E-state index in [-0.39, 0.29) is 11.8 Å². The second-order valence-corrected chi connectivity index (χ2v) is 4.88. The van der Waals surface area contributed by atoms with Gasteiger partial charge < -0.3 is 10.1 Å². The third kappa shape index (κ3) is 8.37. The zero-order valence-corrected chi connectivity index (χ0v) is 12.3. The Kier molecular flexibility index (Phi) is 8.87. The van der Waals surface area contributed by atoms with Crippen LogP contribution in [0.15, 0.2) is 12.2 Å². The van der Waals surface area contributed by atoms with Gasteiger partial charge in [0.05, 0.1) is 0 Å². The molecular weight excluding hydrogens is 244 g/mol. The Morgan fingerprint density at radius 1 is 1.21 bits per heavy atom. The molecule has 1 amide bonds. The van der Waals surface area contributed by atoms with Crippen LogP contribution in [0.3, 0.4) is 0 Å². The maximum absolute atomic E-state index is 11.4. The summed E-state index contributed by atoms with van der Waals surface area (Å²) in [6.07, 6.45) is 3.47. The molecule has 0 fully saturated rings. The van der Waals surface area contributed by atoms with Crippen LogP contribution in [0.25, 0.3) is 0 Å². The number of ether oxygens (including phenoxy) is 1. The third-order valence-electron chi connectivity index (χ3n) is 3.15. The van der Waals surface area contributed by atoms with Gasteiger partial charge in [-0.2, -0.15) is 0 Å². The number of amides is 1. The van der Waals surface area contributed by atoms with Gasteiger partial charge >= 0.3 is 5.97 Å². The van der Waals surface area contributed by atoms with Crippen molar-refractivity contribution in [2.75, 3.05) is 6.54 Å². The molecule has 0 spiro atoms. The van der Waals surface area contributed by atoms with Crippen molar-refractivity contribution < 1.29 is 14.3 Å². The summed E-state index contributed by atoms with van der Waals surface area (Å²) >= 11 is 0. The Hall–Kier alpha value is -1.36. The molecule has 0 aromatic rings. The standard InChI is InChI=1S/C14H26N2O3/c1-5-10(3)9-16-12(17)7-8-13(18)19-14(15)11(4)6-2/h7-8,10-11,14H,5-6,9,15H2,1-4H3,(H,16,17)/b8-7+/t10-,11-,14?/m0/s1. The average Bonchev–Trinajstić information content (AvgIpc) is 2.41. The van der Waals surface area contributed by atoms with Gasteiger partial charge in [0.15, 0.2) is 6.23 Å². The van der Waals surface area contributed by atoms with E-state index in [1.54, 1.807) is 0 Å². The smallest absolute Gasteiger partial charge is 0.332 e. The Morgan fingerprint density at radius 2 is 1.84 bits per heavy atom. The first-order chi connectivity index (χ1) is 8.90. The van der Waals surface area contributed by atoms with Crippen LogP contribution in [-0.4, -0.2) is 24.6 Å². The second kappa shape index (κ2) is 9.55. The summed E-state index contributed by atoms with van der Waals surface area (Å²) in [5.74, 6) is -0.374. The minimum absolute atomic E-state index is 0.0941. The fourth-order valence-corrected chi connectivity index (χ4v) is 1.14. The minimum Gasteiger partial charge on any atom is -0.443 e. The minimum atomic E-state index is -0.634. The molecule has 0 bridgehead atoms. The summed E-state index contributed by atoms with van der Waals surface area (Å²) in [4.78, 5) is 22.8. The molecule has 0 aromatic carbocycles. The van der Waals surface area contributed by atoms with Crippen molar-refractivity contribution in [3.63, 3.8) is 0 Å². The van der Waals surface area contributed by atoms with Crippen molar-refractivity contribution in [1.82, 2.24) is 5.32 Å². The largest absolute Gasteiger partial charge is 0.443 e. The Labute approximate surface area is 115 Å². The molecular formula is C14H26N2O3. The molecule has 1 unspecified atom stereocenters. The zero-order chi connectivity index (χ0) is 14.8. The van der Waals surface area contributed by atoms with Crippen LogP contribution in [0, 0.1) is 11.8 Å². The molecule has 0 saturated heterocycles. The van der Waals surface area contributed by atoms with Crippen molar-refractivity contribution in [2.45, 2.75) is 46.8 Å². The van der Waals surface area contributed by atoms with Gasteiger partial charge in [0.1, 0.15) is 0 Å². The molecule has 0 aromatic heterocycles. The number of carbonyl (C=O) groups excluding carboxylic acids is 2. The van der Waals surface area contributed by atoms with Crippen LogP contribution in [0.4, 0.5) is 0 Å². The topological polar surface area (TPSA) is 81.4 Å². The summed E-state index contributed by atoms with van der Waals surface area (Å²) in [5, 5.41) is 2.71. The first kappa shape index (κ1) is 17.6. The maximum Gasteiger partial charge on any atom is 0.332 e. The second-order valence-electron chi connectivity index (χ2n) is 4.88. The van der Waals surface area contributed by atoms with Crippen LogP contribution in [0.1, 0.15) is 40.5 Å². The Morgan fingerprint density at radius 3 is 2.37 bits per heavy atom. The van der Waals surface area contributed by atoms with E-state index in [0.717, 1.165) is 18.9 Å². The highest BCUT2D eigenvalue weighted by Crippen LogP contribution is 2.06. The van der Waals surface area contributed by atoms with E-state index >= 15 is 0 Å². The Bertz CT molecular complexity index is 316. The monoisotopic (exact) mass is 270 g/mol. The summed E-state index contributed by atoms with van der Waals surface area (Å²) < 4.78 is 4.97. The highest BCUT2D eigenvalue weighted by molar-refractivity contribution is 5.94. The maximum atomic E-state index is 11.4. The predicted octanol–water partition coefficient (Wildman–Crippen LogP) is 1.58. The van der Waals surface area contributed by atoms with E-state index in [0.29, 0.717) is 12.5 Å². The Balaban J connectivity index is 4.04. The van der Waals surface area contributed by atoms with Gasteiger partial charge in [0, 0.05) is 24.6 Å². The molecule has 110 valence electrons. The van der Waals surface area contributed by atoms with Crippen LogP contribution in [0.2, 0.25) is 0 Å². The lowest BCUT2D eigenvalue weighted by molar-refractivity contribution is -0.145. The van der Waals surface area contributed by atoms with Crippen molar-refractivity contribution in [3.05, 3.63) is 12.2 Å². The lowest BCUT2D eigenvalue weighted by Gasteiger charge is -2.17.